The number of fused-ring (bicyclic) bond motifs is 3. The first-order valence-electron chi connectivity index (χ1n) is 22.7. The van der Waals surface area contributed by atoms with Gasteiger partial charge in [0.2, 0.25) is 0 Å². The minimum Gasteiger partial charge on any atom is -0.310 e. The van der Waals surface area contributed by atoms with Gasteiger partial charge in [-0.2, -0.15) is 0 Å². The maximum Gasteiger partial charge on any atom is 0.0714 e. The molecule has 0 atom stereocenters. The zero-order valence-electron chi connectivity index (χ0n) is 38.3. The molecule has 0 amide bonds. The molecule has 0 fully saturated rings. The summed E-state index contributed by atoms with van der Waals surface area (Å²) in [7, 11) is 0. The third kappa shape index (κ3) is 5.73. The van der Waals surface area contributed by atoms with Crippen molar-refractivity contribution in [1.29, 1.82) is 0 Å². The molecule has 0 saturated heterocycles. The average Bonchev–Trinajstić information content (AvgIpc) is 3.64. The molecule has 0 bridgehead atoms. The van der Waals surface area contributed by atoms with Crippen molar-refractivity contribution in [3.63, 3.8) is 0 Å². The van der Waals surface area contributed by atoms with Crippen molar-refractivity contribution in [2.75, 3.05) is 4.90 Å². The second kappa shape index (κ2) is 14.2. The van der Waals surface area contributed by atoms with E-state index in [9.17, 15) is 11.0 Å². The van der Waals surface area contributed by atoms with Gasteiger partial charge >= 0.3 is 0 Å². The number of benzene rings is 9. The predicted octanol–water partition coefficient (Wildman–Crippen LogP) is 14.5. The number of rotatable bonds is 8. The molecular weight excluding hydrogens is 675 g/mol. The summed E-state index contributed by atoms with van der Waals surface area (Å²) in [6, 6.07) is 57.7. The van der Waals surface area contributed by atoms with Gasteiger partial charge < -0.3 is 4.90 Å². The molecule has 0 aliphatic heterocycles. The van der Waals surface area contributed by atoms with Gasteiger partial charge in [-0.05, 0) is 103 Å². The monoisotopic (exact) mass is 721 g/mol. The summed E-state index contributed by atoms with van der Waals surface area (Å²) in [5.74, 6) is 0. The Morgan fingerprint density at radius 3 is 1.21 bits per heavy atom. The molecule has 1 heteroatoms. The third-order valence-electron chi connectivity index (χ3n) is 10.7. The third-order valence-corrected chi connectivity index (χ3v) is 10.7. The zero-order valence-corrected chi connectivity index (χ0v) is 30.3. The molecule has 10 rings (SSSR count). The van der Waals surface area contributed by atoms with Crippen LogP contribution in [0.15, 0.2) is 236 Å². The maximum absolute atomic E-state index is 9.71. The lowest BCUT2D eigenvalue weighted by molar-refractivity contribution is 0.768. The number of hydrogen-bond acceptors (Lipinski definition) is 1. The summed E-state index contributed by atoms with van der Waals surface area (Å²) in [6.45, 7) is 0. The van der Waals surface area contributed by atoms with Crippen LogP contribution in [0.5, 0.6) is 0 Å². The molecule has 0 spiro atoms. The average molecular weight is 722 g/mol. The van der Waals surface area contributed by atoms with E-state index in [1.165, 1.54) is 4.90 Å². The van der Waals surface area contributed by atoms with Gasteiger partial charge in [-0.25, -0.2) is 0 Å². The highest BCUT2D eigenvalue weighted by Gasteiger charge is 2.46. The topological polar surface area (TPSA) is 3.24 Å². The molecular formula is C55H39N. The summed E-state index contributed by atoms with van der Waals surface area (Å²) >= 11 is 0. The molecule has 0 unspecified atom stereocenters. The maximum atomic E-state index is 9.71. The molecule has 56 heavy (non-hydrogen) atoms. The summed E-state index contributed by atoms with van der Waals surface area (Å²) in [6.07, 6.45) is 0. The molecule has 9 aromatic rings. The molecule has 1 nitrogen and oxygen atoms in total. The molecule has 1 aliphatic rings. The fraction of sp³-hybridized carbons (Fsp3) is 0.0182. The van der Waals surface area contributed by atoms with Crippen molar-refractivity contribution in [3.8, 4) is 44.5 Å². The lowest BCUT2D eigenvalue weighted by Crippen LogP contribution is -2.28. The van der Waals surface area contributed by atoms with Crippen molar-refractivity contribution < 1.29 is 11.0 Å². The Bertz CT molecular complexity index is 3130. The van der Waals surface area contributed by atoms with Gasteiger partial charge in [0.05, 0.1) is 16.4 Å². The number of hydrogen-bond donors (Lipinski definition) is 0. The SMILES string of the molecule is [2H]c1c([2H])c(N(c2ccc3c(c2)C(c2ccccc2)(c2ccccc2)c2ccccc2-3)c2c([2H])c([2H])c(-c3ccc(-c4ccccc4)cc3)c([2H])c2[2H])c([2H])c([2H])c1-c1ccccc1. The van der Waals surface area contributed by atoms with Crippen molar-refractivity contribution in [3.05, 3.63) is 259 Å². The van der Waals surface area contributed by atoms with Gasteiger partial charge in [0.25, 0.3) is 0 Å². The summed E-state index contributed by atoms with van der Waals surface area (Å²) < 4.78 is 76.4. The van der Waals surface area contributed by atoms with Gasteiger partial charge in [-0.1, -0.05) is 200 Å². The summed E-state index contributed by atoms with van der Waals surface area (Å²) in [4.78, 5) is 1.41. The molecule has 0 radical (unpaired) electrons. The largest absolute Gasteiger partial charge is 0.310 e. The molecule has 0 N–H and O–H groups in total. The van der Waals surface area contributed by atoms with E-state index in [0.717, 1.165) is 44.5 Å². The fourth-order valence-corrected chi connectivity index (χ4v) is 8.13. The first-order valence-corrected chi connectivity index (χ1v) is 18.7. The number of nitrogens with zero attached hydrogens (tertiary/aromatic N) is 1. The minimum absolute atomic E-state index is 0.105. The van der Waals surface area contributed by atoms with Crippen molar-refractivity contribution in [2.24, 2.45) is 0 Å². The molecule has 0 aromatic heterocycles. The first-order chi connectivity index (χ1) is 31.1. The fourth-order valence-electron chi connectivity index (χ4n) is 8.13. The Hall–Kier alpha value is -7.22. The van der Waals surface area contributed by atoms with Gasteiger partial charge in [-0.3, -0.25) is 0 Å². The molecule has 1 aliphatic carbocycles. The van der Waals surface area contributed by atoms with Crippen molar-refractivity contribution >= 4 is 17.1 Å². The Labute approximate surface area is 340 Å². The highest BCUT2D eigenvalue weighted by Crippen LogP contribution is 2.57. The van der Waals surface area contributed by atoms with E-state index < -0.39 is 29.6 Å². The second-order valence-corrected chi connectivity index (χ2v) is 13.8. The highest BCUT2D eigenvalue weighted by molar-refractivity contribution is 5.90. The Kier molecular flexibility index (Phi) is 6.53. The van der Waals surface area contributed by atoms with Crippen LogP contribution in [0.1, 0.15) is 33.2 Å². The minimum atomic E-state index is -0.855. The van der Waals surface area contributed by atoms with Crippen LogP contribution < -0.4 is 4.90 Å². The Morgan fingerprint density at radius 1 is 0.304 bits per heavy atom. The van der Waals surface area contributed by atoms with Crippen LogP contribution in [0.2, 0.25) is 0 Å². The lowest BCUT2D eigenvalue weighted by Gasteiger charge is -2.35. The predicted molar refractivity (Wildman–Crippen MR) is 235 cm³/mol. The number of anilines is 3. The van der Waals surface area contributed by atoms with Crippen LogP contribution in [0.25, 0.3) is 44.5 Å². The first kappa shape index (κ1) is 25.7. The molecule has 0 heterocycles. The van der Waals surface area contributed by atoms with Crippen molar-refractivity contribution in [2.45, 2.75) is 5.41 Å². The normalized spacial score (nSPS) is 14.4. The van der Waals surface area contributed by atoms with E-state index in [4.69, 9.17) is 0 Å². The van der Waals surface area contributed by atoms with Gasteiger partial charge in [-0.15, -0.1) is 0 Å². The van der Waals surface area contributed by atoms with E-state index in [1.54, 1.807) is 42.5 Å². The molecule has 264 valence electrons. The van der Waals surface area contributed by atoms with E-state index in [0.29, 0.717) is 16.8 Å². The van der Waals surface area contributed by atoms with Gasteiger partial charge in [0.1, 0.15) is 0 Å². The van der Waals surface area contributed by atoms with Crippen LogP contribution in [-0.2, 0) is 5.41 Å². The zero-order chi connectivity index (χ0) is 44.3. The van der Waals surface area contributed by atoms with E-state index in [-0.39, 0.29) is 46.7 Å². The second-order valence-electron chi connectivity index (χ2n) is 13.8. The van der Waals surface area contributed by atoms with Crippen LogP contribution in [0.4, 0.5) is 17.1 Å². The standard InChI is InChI=1S/C55H39N/c1-5-15-40(16-6-1)42-25-27-43(28-26-42)45-31-35-49(36-32-45)56(48-33-29-44(30-34-48)41-17-7-2-8-18-41)50-37-38-52-51-23-13-14-24-53(51)55(54(52)39-50,46-19-9-3-10-20-46)47-21-11-4-12-22-47/h1-39H/i29D,30D,31D,32D,33D,34D,35D,36D. The lowest BCUT2D eigenvalue weighted by atomic mass is 9.67. The summed E-state index contributed by atoms with van der Waals surface area (Å²) in [5, 5.41) is 0. The molecule has 0 saturated carbocycles. The highest BCUT2D eigenvalue weighted by atomic mass is 15.1. The molecule has 9 aromatic carbocycles. The van der Waals surface area contributed by atoms with Crippen LogP contribution >= 0.6 is 0 Å². The van der Waals surface area contributed by atoms with E-state index in [1.807, 2.05) is 109 Å². The van der Waals surface area contributed by atoms with Crippen molar-refractivity contribution in [1.82, 2.24) is 0 Å². The van der Waals surface area contributed by atoms with E-state index >= 15 is 0 Å². The van der Waals surface area contributed by atoms with Crippen LogP contribution in [-0.4, -0.2) is 0 Å². The van der Waals surface area contributed by atoms with Gasteiger partial charge in [0, 0.05) is 17.1 Å². The smallest absolute Gasteiger partial charge is 0.0714 e. The Morgan fingerprint density at radius 2 is 0.696 bits per heavy atom. The van der Waals surface area contributed by atoms with E-state index in [2.05, 4.69) is 36.4 Å². The van der Waals surface area contributed by atoms with Gasteiger partial charge in [0.15, 0.2) is 0 Å². The quantitative estimate of drug-likeness (QED) is 0.151. The van der Waals surface area contributed by atoms with Crippen LogP contribution in [0.3, 0.4) is 0 Å². The van der Waals surface area contributed by atoms with Crippen LogP contribution in [0, 0.1) is 0 Å². The summed E-state index contributed by atoms with van der Waals surface area (Å²) in [5.41, 5.74) is 8.14. The Balaban J connectivity index is 1.26.